The zero-order valence-corrected chi connectivity index (χ0v) is 12.6. The Morgan fingerprint density at radius 2 is 2.00 bits per heavy atom. The molecule has 0 radical (unpaired) electrons. The summed E-state index contributed by atoms with van der Waals surface area (Å²) in [6, 6.07) is 8.02. The Bertz CT molecular complexity index is 1110. The van der Waals surface area contributed by atoms with Gasteiger partial charge in [-0.3, -0.25) is 14.0 Å². The number of H-pyrrole nitrogens is 3. The highest BCUT2D eigenvalue weighted by Gasteiger charge is 2.16. The average Bonchev–Trinajstić information content (AvgIpc) is 3.13. The molecule has 5 nitrogen and oxygen atoms in total. The van der Waals surface area contributed by atoms with Crippen LogP contribution in [-0.4, -0.2) is 14.3 Å². The van der Waals surface area contributed by atoms with Crippen molar-refractivity contribution in [3.63, 3.8) is 0 Å². The van der Waals surface area contributed by atoms with E-state index in [4.69, 9.17) is 0 Å². The Morgan fingerprint density at radius 3 is 2.82 bits per heavy atom. The van der Waals surface area contributed by atoms with Crippen LogP contribution in [0.2, 0.25) is 0 Å². The lowest BCUT2D eigenvalue weighted by atomic mass is 10.0. The van der Waals surface area contributed by atoms with Crippen molar-refractivity contribution in [1.82, 2.24) is 14.3 Å². The maximum Gasteiger partial charge on any atom is 0.271 e. The lowest BCUT2D eigenvalue weighted by Crippen LogP contribution is -2.15. The van der Waals surface area contributed by atoms with E-state index in [0.29, 0.717) is 0 Å². The van der Waals surface area contributed by atoms with Gasteiger partial charge < -0.3 is 9.97 Å². The van der Waals surface area contributed by atoms with Crippen LogP contribution < -0.4 is 11.1 Å². The van der Waals surface area contributed by atoms with E-state index in [1.807, 2.05) is 37.4 Å². The molecule has 0 saturated carbocycles. The molecule has 0 unspecified atom stereocenters. The quantitative estimate of drug-likeness (QED) is 0.532. The summed E-state index contributed by atoms with van der Waals surface area (Å²) in [4.78, 5) is 30.1. The largest absolute Gasteiger partial charge is 0.361 e. The minimum atomic E-state index is -0.337. The van der Waals surface area contributed by atoms with Gasteiger partial charge in [0, 0.05) is 17.3 Å². The Labute approximate surface area is 128 Å². The molecular weight excluding hydrogens is 298 g/mol. The highest BCUT2D eigenvalue weighted by atomic mass is 32.1. The van der Waals surface area contributed by atoms with Crippen molar-refractivity contribution in [3.8, 4) is 11.3 Å². The zero-order valence-electron chi connectivity index (χ0n) is 11.8. The molecule has 0 bridgehead atoms. The summed E-state index contributed by atoms with van der Waals surface area (Å²) in [6.45, 7) is 2.02. The fourth-order valence-corrected chi connectivity index (χ4v) is 3.83. The first-order valence-electron chi connectivity index (χ1n) is 7.03. The van der Waals surface area contributed by atoms with Gasteiger partial charge in [0.15, 0.2) is 0 Å². The maximum absolute atomic E-state index is 12.3. The van der Waals surface area contributed by atoms with Crippen molar-refractivity contribution >= 4 is 32.5 Å². The van der Waals surface area contributed by atoms with Crippen LogP contribution in [0.4, 0.5) is 0 Å². The van der Waals surface area contributed by atoms with Crippen molar-refractivity contribution in [2.24, 2.45) is 0 Å². The van der Waals surface area contributed by atoms with Gasteiger partial charge in [-0.15, -0.1) is 0 Å². The van der Waals surface area contributed by atoms with E-state index in [2.05, 4.69) is 14.3 Å². The number of rotatable bonds is 2. The lowest BCUT2D eigenvalue weighted by molar-refractivity contribution is 1.12. The number of hydrogen-bond donors (Lipinski definition) is 3. The molecule has 6 heteroatoms. The third kappa shape index (κ3) is 1.77. The molecule has 0 aliphatic carbocycles. The summed E-state index contributed by atoms with van der Waals surface area (Å²) in [5.74, 6) is 0. The number of aromatic amines is 3. The molecule has 0 amide bonds. The van der Waals surface area contributed by atoms with E-state index >= 15 is 0 Å². The second kappa shape index (κ2) is 4.71. The number of aryl methyl sites for hydroxylation is 1. The number of benzene rings is 1. The van der Waals surface area contributed by atoms with Gasteiger partial charge in [0.25, 0.3) is 11.1 Å². The SMILES string of the molecule is CCc1c(-c2ccc3cc[nH]c3c2)[nH]c(=O)c2c(=O)[nH]sc12. The van der Waals surface area contributed by atoms with Gasteiger partial charge >= 0.3 is 0 Å². The molecule has 0 fully saturated rings. The van der Waals surface area contributed by atoms with Gasteiger partial charge in [-0.05, 0) is 29.5 Å². The van der Waals surface area contributed by atoms with E-state index < -0.39 is 0 Å². The smallest absolute Gasteiger partial charge is 0.271 e. The molecule has 0 atom stereocenters. The first kappa shape index (κ1) is 13.1. The zero-order chi connectivity index (χ0) is 15.3. The Kier molecular flexibility index (Phi) is 2.80. The monoisotopic (exact) mass is 311 g/mol. The van der Waals surface area contributed by atoms with Crippen LogP contribution in [0.5, 0.6) is 0 Å². The average molecular weight is 311 g/mol. The van der Waals surface area contributed by atoms with E-state index in [1.54, 1.807) is 0 Å². The third-order valence-corrected chi connectivity index (χ3v) is 4.88. The van der Waals surface area contributed by atoms with Gasteiger partial charge in [0.05, 0.1) is 10.4 Å². The summed E-state index contributed by atoms with van der Waals surface area (Å²) < 4.78 is 3.40. The van der Waals surface area contributed by atoms with E-state index in [1.165, 1.54) is 11.5 Å². The van der Waals surface area contributed by atoms with Crippen LogP contribution in [0.15, 0.2) is 40.1 Å². The molecule has 1 aromatic carbocycles. The summed E-state index contributed by atoms with van der Waals surface area (Å²) in [7, 11) is 0. The van der Waals surface area contributed by atoms with Crippen molar-refractivity contribution in [1.29, 1.82) is 0 Å². The molecule has 0 spiro atoms. The van der Waals surface area contributed by atoms with Gasteiger partial charge in [0.1, 0.15) is 5.39 Å². The van der Waals surface area contributed by atoms with Crippen LogP contribution in [0.25, 0.3) is 32.2 Å². The van der Waals surface area contributed by atoms with E-state index in [9.17, 15) is 9.59 Å². The molecule has 3 aromatic heterocycles. The number of pyridine rings is 1. The molecular formula is C16H13N3O2S. The lowest BCUT2D eigenvalue weighted by Gasteiger charge is -2.09. The number of hydrogen-bond acceptors (Lipinski definition) is 3. The summed E-state index contributed by atoms with van der Waals surface area (Å²) in [5, 5.41) is 1.35. The summed E-state index contributed by atoms with van der Waals surface area (Å²) >= 11 is 1.23. The third-order valence-electron chi connectivity index (χ3n) is 3.94. The predicted octanol–water partition coefficient (Wildman–Crippen LogP) is 2.99. The Morgan fingerprint density at radius 1 is 1.14 bits per heavy atom. The normalized spacial score (nSPS) is 11.5. The number of fused-ring (bicyclic) bond motifs is 2. The van der Waals surface area contributed by atoms with Gasteiger partial charge in [-0.25, -0.2) is 0 Å². The molecule has 4 rings (SSSR count). The van der Waals surface area contributed by atoms with Crippen LogP contribution >= 0.6 is 11.5 Å². The van der Waals surface area contributed by atoms with Gasteiger partial charge in [-0.1, -0.05) is 30.6 Å². The molecule has 0 aliphatic heterocycles. The fourth-order valence-electron chi connectivity index (χ4n) is 2.87. The molecule has 22 heavy (non-hydrogen) atoms. The van der Waals surface area contributed by atoms with Gasteiger partial charge in [0.2, 0.25) is 0 Å². The van der Waals surface area contributed by atoms with E-state index in [-0.39, 0.29) is 16.5 Å². The van der Waals surface area contributed by atoms with Gasteiger partial charge in [-0.2, -0.15) is 0 Å². The van der Waals surface area contributed by atoms with Crippen LogP contribution in [-0.2, 0) is 6.42 Å². The summed E-state index contributed by atoms with van der Waals surface area (Å²) in [6.07, 6.45) is 2.62. The van der Waals surface area contributed by atoms with E-state index in [0.717, 1.165) is 38.8 Å². The van der Waals surface area contributed by atoms with Crippen molar-refractivity contribution in [3.05, 3.63) is 56.7 Å². The highest BCUT2D eigenvalue weighted by Crippen LogP contribution is 2.29. The highest BCUT2D eigenvalue weighted by molar-refractivity contribution is 7.13. The predicted molar refractivity (Wildman–Crippen MR) is 89.7 cm³/mol. The molecule has 110 valence electrons. The first-order chi connectivity index (χ1) is 10.7. The molecule has 0 saturated heterocycles. The first-order valence-corrected chi connectivity index (χ1v) is 7.84. The van der Waals surface area contributed by atoms with Crippen LogP contribution in [0, 0.1) is 0 Å². The topological polar surface area (TPSA) is 81.5 Å². The Balaban J connectivity index is 2.09. The number of aromatic nitrogens is 3. The minimum absolute atomic E-state index is 0.228. The minimum Gasteiger partial charge on any atom is -0.361 e. The second-order valence-corrected chi connectivity index (χ2v) is 5.99. The summed E-state index contributed by atoms with van der Waals surface area (Å²) in [5.41, 5.74) is 3.07. The molecule has 3 heterocycles. The fraction of sp³-hybridized carbons (Fsp3) is 0.125. The Hall–Kier alpha value is -2.60. The van der Waals surface area contributed by atoms with Crippen LogP contribution in [0.3, 0.4) is 0 Å². The van der Waals surface area contributed by atoms with Crippen molar-refractivity contribution in [2.45, 2.75) is 13.3 Å². The molecule has 3 N–H and O–H groups in total. The standard InChI is InChI=1S/C16H13N3O2S/c1-2-10-13(9-4-3-8-5-6-17-11(8)7-9)18-15(20)12-14(10)22-19-16(12)21/h3-7,17H,2H2,1H3,(H,18,20)(H,19,21). The molecule has 4 aromatic rings. The molecule has 0 aliphatic rings. The van der Waals surface area contributed by atoms with Crippen LogP contribution in [0.1, 0.15) is 12.5 Å². The second-order valence-electron chi connectivity index (χ2n) is 5.18. The maximum atomic E-state index is 12.3. The van der Waals surface area contributed by atoms with Crippen molar-refractivity contribution < 1.29 is 0 Å². The van der Waals surface area contributed by atoms with Crippen molar-refractivity contribution in [2.75, 3.05) is 0 Å². The number of nitrogens with one attached hydrogen (secondary N) is 3.